The highest BCUT2D eigenvalue weighted by atomic mass is 16.4. The van der Waals surface area contributed by atoms with Gasteiger partial charge in [-0.1, -0.05) is 45.9 Å². The standard InChI is InChI=1S/C26H31NO3.C2H6.CH4/c1-17-7-8-21-16-20(19(3)28)9-10-22(21)23(29)15-18(2)26(17)24-11-12-25(30-24)27-13-5-4-6-14-27;1-2;/h9-12,16,18H,4-8,13-15H2,1-3H3;1-2H3;1H4/b26-17-;;. The molecule has 1 aromatic heterocycles. The third-order valence-corrected chi connectivity index (χ3v) is 6.55. The topological polar surface area (TPSA) is 50.5 Å². The molecular formula is C29H41NO3. The Morgan fingerprint density at radius 2 is 1.73 bits per heavy atom. The van der Waals surface area contributed by atoms with Gasteiger partial charge in [0.1, 0.15) is 5.76 Å². The molecule has 1 aliphatic carbocycles. The molecule has 1 atom stereocenters. The van der Waals surface area contributed by atoms with E-state index in [1.807, 2.05) is 26.0 Å². The number of fused-ring (bicyclic) bond motifs is 1. The van der Waals surface area contributed by atoms with E-state index < -0.39 is 0 Å². The fraction of sp³-hybridized carbons (Fsp3) is 0.517. The summed E-state index contributed by atoms with van der Waals surface area (Å²) in [5.74, 6) is 2.09. The summed E-state index contributed by atoms with van der Waals surface area (Å²) < 4.78 is 6.32. The molecule has 4 heteroatoms. The molecule has 1 fully saturated rings. The molecule has 1 aliphatic heterocycles. The highest BCUT2D eigenvalue weighted by Crippen LogP contribution is 2.37. The van der Waals surface area contributed by atoms with E-state index in [1.165, 1.54) is 24.8 Å². The smallest absolute Gasteiger partial charge is 0.196 e. The average Bonchev–Trinajstić information content (AvgIpc) is 3.29. The summed E-state index contributed by atoms with van der Waals surface area (Å²) in [6.07, 6.45) is 5.76. The van der Waals surface area contributed by atoms with Gasteiger partial charge in [-0.2, -0.15) is 0 Å². The van der Waals surface area contributed by atoms with Crippen molar-refractivity contribution in [3.8, 4) is 0 Å². The lowest BCUT2D eigenvalue weighted by Gasteiger charge is -2.26. The van der Waals surface area contributed by atoms with Crippen molar-refractivity contribution in [3.63, 3.8) is 0 Å². The molecule has 2 heterocycles. The van der Waals surface area contributed by atoms with Crippen LogP contribution < -0.4 is 4.90 Å². The summed E-state index contributed by atoms with van der Waals surface area (Å²) in [6, 6.07) is 9.67. The van der Waals surface area contributed by atoms with Gasteiger partial charge < -0.3 is 9.32 Å². The van der Waals surface area contributed by atoms with Gasteiger partial charge >= 0.3 is 0 Å². The molecule has 0 spiro atoms. The average molecular weight is 452 g/mol. The van der Waals surface area contributed by atoms with E-state index in [-0.39, 0.29) is 24.9 Å². The lowest BCUT2D eigenvalue weighted by atomic mass is 9.89. The molecular weight excluding hydrogens is 410 g/mol. The Kier molecular flexibility index (Phi) is 9.70. The molecule has 0 N–H and O–H groups in total. The maximum atomic E-state index is 13.1. The minimum atomic E-state index is 0. The van der Waals surface area contributed by atoms with E-state index >= 15 is 0 Å². The van der Waals surface area contributed by atoms with Gasteiger partial charge in [-0.25, -0.2) is 0 Å². The quantitative estimate of drug-likeness (QED) is 0.447. The number of hydrogen-bond donors (Lipinski definition) is 0. The van der Waals surface area contributed by atoms with Crippen LogP contribution in [0.15, 0.2) is 40.3 Å². The Balaban J connectivity index is 0.00000125. The first-order valence-corrected chi connectivity index (χ1v) is 12.2. The molecule has 1 saturated heterocycles. The van der Waals surface area contributed by atoms with Crippen LogP contribution in [0.25, 0.3) is 5.57 Å². The van der Waals surface area contributed by atoms with Crippen LogP contribution in [0.5, 0.6) is 0 Å². The number of carbonyl (C=O) groups excluding carboxylic acids is 2. The normalized spacial score (nSPS) is 20.9. The highest BCUT2D eigenvalue weighted by molar-refractivity contribution is 6.01. The number of ketones is 2. The Labute approximate surface area is 200 Å². The number of benzene rings is 1. The van der Waals surface area contributed by atoms with Crippen LogP contribution in [0.1, 0.15) is 106 Å². The molecule has 1 unspecified atom stereocenters. The van der Waals surface area contributed by atoms with Crippen molar-refractivity contribution in [1.82, 2.24) is 0 Å². The van der Waals surface area contributed by atoms with Crippen LogP contribution in [0.2, 0.25) is 0 Å². The molecule has 0 radical (unpaired) electrons. The summed E-state index contributed by atoms with van der Waals surface area (Å²) in [7, 11) is 0. The van der Waals surface area contributed by atoms with Crippen LogP contribution >= 0.6 is 0 Å². The number of carbonyl (C=O) groups is 2. The first-order valence-electron chi connectivity index (χ1n) is 12.2. The lowest BCUT2D eigenvalue weighted by Crippen LogP contribution is -2.28. The van der Waals surface area contributed by atoms with Crippen LogP contribution in [0.3, 0.4) is 0 Å². The van der Waals surface area contributed by atoms with Crippen LogP contribution in [-0.4, -0.2) is 24.7 Å². The third kappa shape index (κ3) is 6.04. The minimum absolute atomic E-state index is 0. The second kappa shape index (κ2) is 12.0. The van der Waals surface area contributed by atoms with Gasteiger partial charge in [0.05, 0.1) is 0 Å². The number of nitrogens with zero attached hydrogens (tertiary/aromatic N) is 1. The summed E-state index contributed by atoms with van der Waals surface area (Å²) in [4.78, 5) is 27.2. The summed E-state index contributed by atoms with van der Waals surface area (Å²) in [6.45, 7) is 11.9. The van der Waals surface area contributed by atoms with Crippen LogP contribution in [0, 0.1) is 5.92 Å². The molecule has 4 nitrogen and oxygen atoms in total. The Bertz CT molecular complexity index is 992. The lowest BCUT2D eigenvalue weighted by molar-refractivity contribution is 0.0969. The van der Waals surface area contributed by atoms with Gasteiger partial charge in [0, 0.05) is 36.7 Å². The van der Waals surface area contributed by atoms with Crippen LogP contribution in [-0.2, 0) is 6.42 Å². The predicted molar refractivity (Wildman–Crippen MR) is 138 cm³/mol. The van der Waals surface area contributed by atoms with Crippen LogP contribution in [0.4, 0.5) is 5.88 Å². The maximum absolute atomic E-state index is 13.1. The van der Waals surface area contributed by atoms with Crippen molar-refractivity contribution in [3.05, 3.63) is 58.4 Å². The highest BCUT2D eigenvalue weighted by Gasteiger charge is 2.25. The van der Waals surface area contributed by atoms with Gasteiger partial charge in [0.25, 0.3) is 0 Å². The second-order valence-corrected chi connectivity index (χ2v) is 8.84. The number of anilines is 1. The Morgan fingerprint density at radius 3 is 2.39 bits per heavy atom. The number of rotatable bonds is 3. The van der Waals surface area contributed by atoms with Gasteiger partial charge in [-0.05, 0) is 75.1 Å². The molecule has 2 aliphatic rings. The summed E-state index contributed by atoms with van der Waals surface area (Å²) in [5, 5.41) is 0. The first kappa shape index (κ1) is 26.6. The zero-order chi connectivity index (χ0) is 23.3. The molecule has 33 heavy (non-hydrogen) atoms. The second-order valence-electron chi connectivity index (χ2n) is 8.84. The summed E-state index contributed by atoms with van der Waals surface area (Å²) >= 11 is 0. The third-order valence-electron chi connectivity index (χ3n) is 6.55. The van der Waals surface area contributed by atoms with Crippen molar-refractivity contribution in [2.24, 2.45) is 5.92 Å². The van der Waals surface area contributed by atoms with Crippen molar-refractivity contribution >= 4 is 23.0 Å². The van der Waals surface area contributed by atoms with E-state index in [9.17, 15) is 9.59 Å². The minimum Gasteiger partial charge on any atom is -0.441 e. The molecule has 0 bridgehead atoms. The number of hydrogen-bond acceptors (Lipinski definition) is 4. The molecule has 1 aromatic carbocycles. The monoisotopic (exact) mass is 451 g/mol. The molecule has 4 rings (SSSR count). The van der Waals surface area contributed by atoms with E-state index in [2.05, 4.69) is 30.9 Å². The largest absolute Gasteiger partial charge is 0.441 e. The summed E-state index contributed by atoms with van der Waals surface area (Å²) in [5.41, 5.74) is 4.83. The van der Waals surface area contributed by atoms with Gasteiger partial charge in [-0.3, -0.25) is 9.59 Å². The fourth-order valence-electron chi connectivity index (χ4n) is 4.87. The van der Waals surface area contributed by atoms with Gasteiger partial charge in [0.2, 0.25) is 0 Å². The van der Waals surface area contributed by atoms with Gasteiger partial charge in [-0.15, -0.1) is 0 Å². The van der Waals surface area contributed by atoms with E-state index in [0.717, 1.165) is 54.3 Å². The number of piperidine rings is 1. The number of allylic oxidation sites excluding steroid dienone is 2. The molecule has 0 saturated carbocycles. The molecule has 0 amide bonds. The number of Topliss-reactive ketones (excluding diaryl/α,β-unsaturated/α-hetero) is 2. The maximum Gasteiger partial charge on any atom is 0.196 e. The van der Waals surface area contributed by atoms with Gasteiger partial charge in [0.15, 0.2) is 17.5 Å². The van der Waals surface area contributed by atoms with Crippen molar-refractivity contribution in [2.75, 3.05) is 18.0 Å². The van der Waals surface area contributed by atoms with Crippen molar-refractivity contribution < 1.29 is 14.0 Å². The first-order chi connectivity index (χ1) is 15.4. The zero-order valence-corrected chi connectivity index (χ0v) is 20.3. The van der Waals surface area contributed by atoms with E-state index in [1.54, 1.807) is 13.0 Å². The van der Waals surface area contributed by atoms with E-state index in [0.29, 0.717) is 12.0 Å². The fourth-order valence-corrected chi connectivity index (χ4v) is 4.87. The Morgan fingerprint density at radius 1 is 1.03 bits per heavy atom. The molecule has 2 aromatic rings. The number of furan rings is 1. The predicted octanol–water partition coefficient (Wildman–Crippen LogP) is 7.76. The number of aryl methyl sites for hydroxylation is 1. The van der Waals surface area contributed by atoms with Crippen molar-refractivity contribution in [1.29, 1.82) is 0 Å². The van der Waals surface area contributed by atoms with Crippen molar-refractivity contribution in [2.45, 2.75) is 80.6 Å². The zero-order valence-electron chi connectivity index (χ0n) is 20.3. The Hall–Kier alpha value is -2.62. The SMILES string of the molecule is C.CC.CC(=O)c1ccc2c(c1)CC/C(C)=C(\c1ccc(N3CCCCC3)o1)C(C)CC2=O. The molecule has 180 valence electrons. The van der Waals surface area contributed by atoms with E-state index in [4.69, 9.17) is 4.42 Å².